The molecule has 0 aliphatic carbocycles. The Balaban J connectivity index is 1.65. The van der Waals surface area contributed by atoms with E-state index in [0.717, 1.165) is 13.1 Å². The third-order valence-electron chi connectivity index (χ3n) is 4.60. The molecule has 23 heavy (non-hydrogen) atoms. The van der Waals surface area contributed by atoms with Crippen LogP contribution in [0.1, 0.15) is 18.1 Å². The largest absolute Gasteiger partial charge is 0.371 e. The predicted molar refractivity (Wildman–Crippen MR) is 95.0 cm³/mol. The molecule has 1 heterocycles. The van der Waals surface area contributed by atoms with E-state index in [0.29, 0.717) is 12.5 Å². The fourth-order valence-corrected chi connectivity index (χ4v) is 3.44. The van der Waals surface area contributed by atoms with Crippen LogP contribution in [-0.4, -0.2) is 23.6 Å². The van der Waals surface area contributed by atoms with E-state index in [1.54, 1.807) is 0 Å². The van der Waals surface area contributed by atoms with Gasteiger partial charge in [-0.3, -0.25) is 4.90 Å². The predicted octanol–water partition coefficient (Wildman–Crippen LogP) is 4.28. The number of ether oxygens (including phenoxy) is 1. The second kappa shape index (κ2) is 7.58. The summed E-state index contributed by atoms with van der Waals surface area (Å²) in [7, 11) is 0. The quantitative estimate of drug-likeness (QED) is 0.739. The average molecular weight is 307 g/mol. The zero-order valence-electron chi connectivity index (χ0n) is 13.8. The van der Waals surface area contributed by atoms with Crippen molar-refractivity contribution >= 4 is 0 Å². The third-order valence-corrected chi connectivity index (χ3v) is 4.60. The molecule has 0 amide bonds. The van der Waals surface area contributed by atoms with Gasteiger partial charge in [-0.2, -0.15) is 0 Å². The second-order valence-corrected chi connectivity index (χ2v) is 6.38. The summed E-state index contributed by atoms with van der Waals surface area (Å²) in [6, 6.07) is 21.3. The van der Waals surface area contributed by atoms with Crippen LogP contribution in [0, 0.1) is 5.92 Å². The molecule has 1 fully saturated rings. The standard InChI is InChI=1S/C21H25NO/c1-3-20-21(23-16-19-12-8-5-9-13-19)17(2)14-22(20)15-18-10-6-4-7-11-18/h3-13,17,20-21H,1,14-16H2,2H3/t17-,20-,21+/m0/s1. The van der Waals surface area contributed by atoms with Gasteiger partial charge in [-0.25, -0.2) is 0 Å². The highest BCUT2D eigenvalue weighted by atomic mass is 16.5. The van der Waals surface area contributed by atoms with Crippen LogP contribution in [0.2, 0.25) is 0 Å². The van der Waals surface area contributed by atoms with Gasteiger partial charge < -0.3 is 4.74 Å². The molecule has 1 saturated heterocycles. The molecule has 2 aromatic rings. The molecule has 0 radical (unpaired) electrons. The summed E-state index contributed by atoms with van der Waals surface area (Å²) in [5.74, 6) is 0.505. The number of hydrogen-bond acceptors (Lipinski definition) is 2. The maximum atomic E-state index is 6.26. The van der Waals surface area contributed by atoms with Gasteiger partial charge in [0, 0.05) is 13.1 Å². The van der Waals surface area contributed by atoms with E-state index < -0.39 is 0 Å². The van der Waals surface area contributed by atoms with Crippen molar-refractivity contribution < 1.29 is 4.74 Å². The van der Waals surface area contributed by atoms with Gasteiger partial charge in [-0.1, -0.05) is 73.7 Å². The van der Waals surface area contributed by atoms with E-state index in [2.05, 4.69) is 73.0 Å². The van der Waals surface area contributed by atoms with E-state index >= 15 is 0 Å². The zero-order valence-corrected chi connectivity index (χ0v) is 13.8. The van der Waals surface area contributed by atoms with E-state index in [1.165, 1.54) is 11.1 Å². The van der Waals surface area contributed by atoms with Crippen molar-refractivity contribution in [1.29, 1.82) is 0 Å². The molecule has 0 saturated carbocycles. The topological polar surface area (TPSA) is 12.5 Å². The molecular weight excluding hydrogens is 282 g/mol. The second-order valence-electron chi connectivity index (χ2n) is 6.38. The van der Waals surface area contributed by atoms with Crippen molar-refractivity contribution in [2.75, 3.05) is 6.54 Å². The van der Waals surface area contributed by atoms with Gasteiger partial charge in [-0.15, -0.1) is 6.58 Å². The lowest BCUT2D eigenvalue weighted by molar-refractivity contribution is 0.00960. The molecule has 1 aliphatic rings. The summed E-state index contributed by atoms with van der Waals surface area (Å²) in [5, 5.41) is 0. The SMILES string of the molecule is C=C[C@H]1[C@H](OCc2ccccc2)[C@@H](C)CN1Cc1ccccc1. The minimum atomic E-state index is 0.205. The molecule has 2 nitrogen and oxygen atoms in total. The highest BCUT2D eigenvalue weighted by Gasteiger charge is 2.38. The first kappa shape index (κ1) is 16.0. The molecule has 2 heteroatoms. The molecular formula is C21H25NO. The summed E-state index contributed by atoms with van der Waals surface area (Å²) in [6.45, 7) is 8.99. The van der Waals surface area contributed by atoms with Crippen molar-refractivity contribution in [3.63, 3.8) is 0 Å². The first-order valence-corrected chi connectivity index (χ1v) is 8.34. The van der Waals surface area contributed by atoms with E-state index in [1.807, 2.05) is 12.1 Å². The molecule has 2 aromatic carbocycles. The fourth-order valence-electron chi connectivity index (χ4n) is 3.44. The lowest BCUT2D eigenvalue weighted by Gasteiger charge is -2.26. The summed E-state index contributed by atoms with van der Waals surface area (Å²) < 4.78 is 6.26. The molecule has 3 rings (SSSR count). The van der Waals surface area contributed by atoms with Crippen molar-refractivity contribution in [3.8, 4) is 0 Å². The first-order valence-electron chi connectivity index (χ1n) is 8.34. The number of rotatable bonds is 6. The lowest BCUT2D eigenvalue weighted by atomic mass is 10.0. The highest BCUT2D eigenvalue weighted by Crippen LogP contribution is 2.29. The Morgan fingerprint density at radius 2 is 1.65 bits per heavy atom. The molecule has 120 valence electrons. The van der Waals surface area contributed by atoms with Crippen LogP contribution < -0.4 is 0 Å². The van der Waals surface area contributed by atoms with Gasteiger partial charge in [-0.05, 0) is 17.0 Å². The van der Waals surface area contributed by atoms with Crippen LogP contribution >= 0.6 is 0 Å². The van der Waals surface area contributed by atoms with Gasteiger partial charge in [0.15, 0.2) is 0 Å². The van der Waals surface area contributed by atoms with Crippen LogP contribution in [0.3, 0.4) is 0 Å². The Morgan fingerprint density at radius 1 is 1.04 bits per heavy atom. The average Bonchev–Trinajstić information content (AvgIpc) is 2.89. The number of nitrogens with zero attached hydrogens (tertiary/aromatic N) is 1. The van der Waals surface area contributed by atoms with Crippen molar-refractivity contribution in [3.05, 3.63) is 84.4 Å². The number of benzene rings is 2. The lowest BCUT2D eigenvalue weighted by Crippen LogP contribution is -2.34. The fraction of sp³-hybridized carbons (Fsp3) is 0.333. The molecule has 0 aromatic heterocycles. The Hall–Kier alpha value is -1.90. The van der Waals surface area contributed by atoms with Gasteiger partial charge in [0.05, 0.1) is 18.8 Å². The Kier molecular flexibility index (Phi) is 5.27. The smallest absolute Gasteiger partial charge is 0.0808 e. The highest BCUT2D eigenvalue weighted by molar-refractivity contribution is 5.17. The summed E-state index contributed by atoms with van der Waals surface area (Å²) in [6.07, 6.45) is 2.25. The van der Waals surface area contributed by atoms with Crippen molar-refractivity contribution in [2.24, 2.45) is 5.92 Å². The maximum absolute atomic E-state index is 6.26. The number of likely N-dealkylation sites (tertiary alicyclic amines) is 1. The van der Waals surface area contributed by atoms with Gasteiger partial charge in [0.25, 0.3) is 0 Å². The van der Waals surface area contributed by atoms with Crippen LogP contribution in [-0.2, 0) is 17.9 Å². The van der Waals surface area contributed by atoms with E-state index in [4.69, 9.17) is 4.74 Å². The molecule has 0 unspecified atom stereocenters. The summed E-state index contributed by atoms with van der Waals surface area (Å²) >= 11 is 0. The number of hydrogen-bond donors (Lipinski definition) is 0. The van der Waals surface area contributed by atoms with Crippen LogP contribution in [0.15, 0.2) is 73.3 Å². The van der Waals surface area contributed by atoms with E-state index in [-0.39, 0.29) is 12.1 Å². The van der Waals surface area contributed by atoms with Gasteiger partial charge in [0.2, 0.25) is 0 Å². The minimum absolute atomic E-state index is 0.205. The molecule has 1 aliphatic heterocycles. The zero-order chi connectivity index (χ0) is 16.1. The normalized spacial score (nSPS) is 24.7. The summed E-state index contributed by atoms with van der Waals surface area (Å²) in [5.41, 5.74) is 2.57. The Labute approximate surface area is 139 Å². The monoisotopic (exact) mass is 307 g/mol. The van der Waals surface area contributed by atoms with Gasteiger partial charge >= 0.3 is 0 Å². The first-order chi connectivity index (χ1) is 11.3. The minimum Gasteiger partial charge on any atom is -0.371 e. The Bertz CT molecular complexity index is 610. The van der Waals surface area contributed by atoms with Crippen molar-refractivity contribution in [1.82, 2.24) is 4.90 Å². The third kappa shape index (κ3) is 3.90. The van der Waals surface area contributed by atoms with Crippen molar-refractivity contribution in [2.45, 2.75) is 32.2 Å². The van der Waals surface area contributed by atoms with Crippen LogP contribution in [0.4, 0.5) is 0 Å². The molecule has 0 spiro atoms. The molecule has 3 atom stereocenters. The van der Waals surface area contributed by atoms with Crippen LogP contribution in [0.5, 0.6) is 0 Å². The summed E-state index contributed by atoms with van der Waals surface area (Å²) in [4.78, 5) is 2.47. The van der Waals surface area contributed by atoms with E-state index in [9.17, 15) is 0 Å². The molecule has 0 N–H and O–H groups in total. The Morgan fingerprint density at radius 3 is 2.26 bits per heavy atom. The molecule has 0 bridgehead atoms. The maximum Gasteiger partial charge on any atom is 0.0808 e. The van der Waals surface area contributed by atoms with Crippen LogP contribution in [0.25, 0.3) is 0 Å². The van der Waals surface area contributed by atoms with Gasteiger partial charge in [0.1, 0.15) is 0 Å².